The highest BCUT2D eigenvalue weighted by Crippen LogP contribution is 2.21. The normalized spacial score (nSPS) is 20.3. The van der Waals surface area contributed by atoms with Gasteiger partial charge < -0.3 is 15.5 Å². The number of halogens is 1. The van der Waals surface area contributed by atoms with E-state index < -0.39 is 0 Å². The third-order valence-electron chi connectivity index (χ3n) is 5.24. The van der Waals surface area contributed by atoms with Crippen molar-refractivity contribution >= 4 is 18.3 Å². The van der Waals surface area contributed by atoms with Crippen LogP contribution >= 0.6 is 12.4 Å². The number of hydrogen-bond donors (Lipinski definition) is 2. The van der Waals surface area contributed by atoms with Crippen LogP contribution in [0.2, 0.25) is 0 Å². The molecule has 1 aromatic carbocycles. The van der Waals surface area contributed by atoms with Gasteiger partial charge in [0.1, 0.15) is 0 Å². The summed E-state index contributed by atoms with van der Waals surface area (Å²) in [6.07, 6.45) is 4.62. The Balaban J connectivity index is 0.00000208. The summed E-state index contributed by atoms with van der Waals surface area (Å²) in [6.45, 7) is 6.36. The number of likely N-dealkylation sites (tertiary alicyclic amines) is 1. The summed E-state index contributed by atoms with van der Waals surface area (Å²) in [5.41, 5.74) is 1.17. The number of amides is 1. The highest BCUT2D eigenvalue weighted by Gasteiger charge is 2.26. The van der Waals surface area contributed by atoms with Crippen molar-refractivity contribution in [2.45, 2.75) is 32.2 Å². The first-order chi connectivity index (χ1) is 11.3. The largest absolute Gasteiger partial charge is 0.352 e. The van der Waals surface area contributed by atoms with E-state index in [4.69, 9.17) is 0 Å². The molecule has 4 nitrogen and oxygen atoms in total. The molecule has 0 atom stereocenters. The number of rotatable bonds is 5. The lowest BCUT2D eigenvalue weighted by molar-refractivity contribution is -0.126. The second-order valence-electron chi connectivity index (χ2n) is 6.97. The summed E-state index contributed by atoms with van der Waals surface area (Å²) in [5.74, 6) is 1.28. The monoisotopic (exact) mass is 351 g/mol. The lowest BCUT2D eigenvalue weighted by Crippen LogP contribution is -2.43. The van der Waals surface area contributed by atoms with Crippen molar-refractivity contribution in [1.82, 2.24) is 15.5 Å². The van der Waals surface area contributed by atoms with Crippen LogP contribution in [0.5, 0.6) is 0 Å². The van der Waals surface area contributed by atoms with Gasteiger partial charge in [-0.15, -0.1) is 12.4 Å². The molecule has 3 rings (SSSR count). The number of carbonyl (C=O) groups excluding carboxylic acids is 1. The van der Waals surface area contributed by atoms with Gasteiger partial charge in [0.25, 0.3) is 0 Å². The van der Waals surface area contributed by atoms with E-state index in [1.165, 1.54) is 38.0 Å². The van der Waals surface area contributed by atoms with Crippen LogP contribution in [0.15, 0.2) is 30.3 Å². The first-order valence-electron chi connectivity index (χ1n) is 9.06. The van der Waals surface area contributed by atoms with Crippen molar-refractivity contribution in [2.75, 3.05) is 32.7 Å². The van der Waals surface area contributed by atoms with Crippen molar-refractivity contribution < 1.29 is 4.79 Å². The van der Waals surface area contributed by atoms with E-state index in [0.717, 1.165) is 31.8 Å². The smallest absolute Gasteiger partial charge is 0.223 e. The molecule has 5 heteroatoms. The molecular weight excluding hydrogens is 322 g/mol. The zero-order chi connectivity index (χ0) is 15.9. The van der Waals surface area contributed by atoms with Crippen LogP contribution in [0.4, 0.5) is 0 Å². The van der Waals surface area contributed by atoms with Gasteiger partial charge in [-0.05, 0) is 63.3 Å². The van der Waals surface area contributed by atoms with Crippen LogP contribution in [0, 0.1) is 11.8 Å². The van der Waals surface area contributed by atoms with Crippen molar-refractivity contribution in [1.29, 1.82) is 0 Å². The molecule has 1 amide bonds. The third kappa shape index (κ3) is 5.76. The SMILES string of the molecule is Cl.O=C(NCc1ccccc1)C1CCN(CC2CCNCC2)CC1. The first-order valence-corrected chi connectivity index (χ1v) is 9.06. The minimum absolute atomic E-state index is 0. The molecule has 2 fully saturated rings. The predicted molar refractivity (Wildman–Crippen MR) is 100 cm³/mol. The summed E-state index contributed by atoms with van der Waals surface area (Å²) in [6, 6.07) is 10.1. The van der Waals surface area contributed by atoms with E-state index >= 15 is 0 Å². The number of nitrogens with zero attached hydrogens (tertiary/aromatic N) is 1. The molecule has 2 aliphatic rings. The van der Waals surface area contributed by atoms with E-state index in [-0.39, 0.29) is 24.2 Å². The summed E-state index contributed by atoms with van der Waals surface area (Å²) in [4.78, 5) is 14.9. The van der Waals surface area contributed by atoms with E-state index in [0.29, 0.717) is 6.54 Å². The fraction of sp³-hybridized carbons (Fsp3) is 0.632. The number of benzene rings is 1. The van der Waals surface area contributed by atoms with Gasteiger partial charge in [0.05, 0.1) is 0 Å². The van der Waals surface area contributed by atoms with Crippen LogP contribution in [0.25, 0.3) is 0 Å². The predicted octanol–water partition coefficient (Wildman–Crippen LogP) is 2.44. The fourth-order valence-electron chi connectivity index (χ4n) is 3.74. The molecule has 2 saturated heterocycles. The minimum Gasteiger partial charge on any atom is -0.352 e. The fourth-order valence-corrected chi connectivity index (χ4v) is 3.74. The molecule has 0 radical (unpaired) electrons. The van der Waals surface area contributed by atoms with Crippen LogP contribution in [-0.4, -0.2) is 43.5 Å². The summed E-state index contributed by atoms with van der Waals surface area (Å²) >= 11 is 0. The van der Waals surface area contributed by atoms with Gasteiger partial charge in [0.2, 0.25) is 5.91 Å². The van der Waals surface area contributed by atoms with Crippen molar-refractivity contribution in [3.63, 3.8) is 0 Å². The van der Waals surface area contributed by atoms with E-state index in [1.54, 1.807) is 0 Å². The van der Waals surface area contributed by atoms with E-state index in [9.17, 15) is 4.79 Å². The Labute approximate surface area is 151 Å². The summed E-state index contributed by atoms with van der Waals surface area (Å²) in [5, 5.41) is 6.53. The highest BCUT2D eigenvalue weighted by atomic mass is 35.5. The van der Waals surface area contributed by atoms with Crippen molar-refractivity contribution in [2.24, 2.45) is 11.8 Å². The van der Waals surface area contributed by atoms with Gasteiger partial charge in [-0.1, -0.05) is 30.3 Å². The molecule has 2 heterocycles. The van der Waals surface area contributed by atoms with Gasteiger partial charge in [-0.25, -0.2) is 0 Å². The minimum atomic E-state index is 0. The topological polar surface area (TPSA) is 44.4 Å². The van der Waals surface area contributed by atoms with Crippen LogP contribution in [0.3, 0.4) is 0 Å². The van der Waals surface area contributed by atoms with Gasteiger partial charge in [0, 0.05) is 19.0 Å². The lowest BCUT2D eigenvalue weighted by atomic mass is 9.93. The Bertz CT molecular complexity index is 483. The molecule has 1 aromatic rings. The molecule has 134 valence electrons. The zero-order valence-electron chi connectivity index (χ0n) is 14.4. The molecule has 2 aliphatic heterocycles. The van der Waals surface area contributed by atoms with Gasteiger partial charge >= 0.3 is 0 Å². The molecule has 2 N–H and O–H groups in total. The number of carbonyl (C=O) groups is 1. The average Bonchev–Trinajstić information content (AvgIpc) is 2.62. The Morgan fingerprint density at radius 1 is 1.08 bits per heavy atom. The summed E-state index contributed by atoms with van der Waals surface area (Å²) in [7, 11) is 0. The maximum atomic E-state index is 12.3. The van der Waals surface area contributed by atoms with Crippen molar-refractivity contribution in [3.05, 3.63) is 35.9 Å². The van der Waals surface area contributed by atoms with Gasteiger partial charge in [0.15, 0.2) is 0 Å². The van der Waals surface area contributed by atoms with E-state index in [1.807, 2.05) is 18.2 Å². The van der Waals surface area contributed by atoms with Crippen LogP contribution < -0.4 is 10.6 Å². The molecular formula is C19H30ClN3O. The quantitative estimate of drug-likeness (QED) is 0.856. The number of hydrogen-bond acceptors (Lipinski definition) is 3. The maximum absolute atomic E-state index is 12.3. The second-order valence-corrected chi connectivity index (χ2v) is 6.97. The Morgan fingerprint density at radius 3 is 2.42 bits per heavy atom. The van der Waals surface area contributed by atoms with Gasteiger partial charge in [-0.2, -0.15) is 0 Å². The first kappa shape index (κ1) is 19.2. The Hall–Kier alpha value is -1.10. The third-order valence-corrected chi connectivity index (χ3v) is 5.24. The average molecular weight is 352 g/mol. The molecule has 0 unspecified atom stereocenters. The molecule has 0 spiro atoms. The molecule has 0 aliphatic carbocycles. The summed E-state index contributed by atoms with van der Waals surface area (Å²) < 4.78 is 0. The molecule has 0 aromatic heterocycles. The standard InChI is InChI=1S/C19H29N3O.ClH/c23-19(21-14-16-4-2-1-3-5-16)18-8-12-22(13-9-18)15-17-6-10-20-11-7-17;/h1-5,17-18,20H,6-15H2,(H,21,23);1H. The van der Waals surface area contributed by atoms with Gasteiger partial charge in [-0.3, -0.25) is 4.79 Å². The molecule has 0 saturated carbocycles. The number of nitrogens with one attached hydrogen (secondary N) is 2. The Kier molecular flexibility index (Phi) is 8.03. The highest BCUT2D eigenvalue weighted by molar-refractivity contribution is 5.85. The molecule has 0 bridgehead atoms. The molecule has 24 heavy (non-hydrogen) atoms. The second kappa shape index (κ2) is 10.0. The lowest BCUT2D eigenvalue weighted by Gasteiger charge is -2.35. The van der Waals surface area contributed by atoms with E-state index in [2.05, 4.69) is 27.7 Å². The van der Waals surface area contributed by atoms with Crippen LogP contribution in [0.1, 0.15) is 31.2 Å². The zero-order valence-corrected chi connectivity index (χ0v) is 15.2. The van der Waals surface area contributed by atoms with Crippen molar-refractivity contribution in [3.8, 4) is 0 Å². The Morgan fingerprint density at radius 2 is 1.75 bits per heavy atom. The number of piperidine rings is 2. The van der Waals surface area contributed by atoms with Crippen LogP contribution in [-0.2, 0) is 11.3 Å². The maximum Gasteiger partial charge on any atom is 0.223 e.